The highest BCUT2D eigenvalue weighted by Gasteiger charge is 2.81. The molecule has 1 saturated carbocycles. The largest absolute Gasteiger partial charge is 0.469 e. The topological polar surface area (TPSA) is 105 Å². The van der Waals surface area contributed by atoms with Crippen molar-refractivity contribution >= 4 is 17.4 Å². The number of rotatable bonds is 6. The Bertz CT molecular complexity index is 825. The van der Waals surface area contributed by atoms with E-state index in [1.54, 1.807) is 6.08 Å². The van der Waals surface area contributed by atoms with Crippen LogP contribution in [0.3, 0.4) is 0 Å². The first-order chi connectivity index (χ1) is 12.8. The summed E-state index contributed by atoms with van der Waals surface area (Å²) in [7, 11) is 4.17. The maximum Gasteiger partial charge on any atom is 0.310 e. The fraction of sp³-hybridized carbons (Fsp3) is 0.474. The summed E-state index contributed by atoms with van der Waals surface area (Å²) in [5, 5.41) is 11.0. The highest BCUT2D eigenvalue weighted by molar-refractivity contribution is 6.12. The van der Waals surface area contributed by atoms with E-state index in [-0.39, 0.29) is 11.5 Å². The van der Waals surface area contributed by atoms with Crippen LogP contribution in [0.1, 0.15) is 18.9 Å². The molecule has 0 N–H and O–H groups in total. The van der Waals surface area contributed by atoms with Crippen molar-refractivity contribution in [2.75, 3.05) is 21.3 Å². The van der Waals surface area contributed by atoms with Gasteiger partial charge in [0.05, 0.1) is 23.4 Å². The molecule has 144 valence electrons. The van der Waals surface area contributed by atoms with E-state index < -0.39 is 33.9 Å². The van der Waals surface area contributed by atoms with E-state index in [9.17, 15) is 19.7 Å². The minimum atomic E-state index is -1.26. The third-order valence-electron chi connectivity index (χ3n) is 5.71. The lowest BCUT2D eigenvalue weighted by Gasteiger charge is -2.35. The predicted molar refractivity (Wildman–Crippen MR) is 93.9 cm³/mol. The molecule has 3 rings (SSSR count). The molecule has 8 heteroatoms. The van der Waals surface area contributed by atoms with E-state index in [0.717, 1.165) is 0 Å². The predicted octanol–water partition coefficient (Wildman–Crippen LogP) is 2.16. The lowest BCUT2D eigenvalue weighted by Crippen LogP contribution is -2.44. The Labute approximate surface area is 156 Å². The summed E-state index contributed by atoms with van der Waals surface area (Å²) in [4.78, 5) is 36.4. The number of hydrogen-bond acceptors (Lipinski definition) is 7. The smallest absolute Gasteiger partial charge is 0.310 e. The van der Waals surface area contributed by atoms with Crippen LogP contribution in [0.4, 0.5) is 5.69 Å². The van der Waals surface area contributed by atoms with Crippen molar-refractivity contribution < 1.29 is 28.7 Å². The van der Waals surface area contributed by atoms with Crippen LogP contribution < -0.4 is 0 Å². The molecule has 0 spiro atoms. The van der Waals surface area contributed by atoms with E-state index in [0.29, 0.717) is 17.6 Å². The number of Topliss-reactive ketones (excluding diaryl/α,β-unsaturated/α-hetero) is 1. The van der Waals surface area contributed by atoms with E-state index in [4.69, 9.17) is 14.2 Å². The van der Waals surface area contributed by atoms with Crippen LogP contribution in [0.15, 0.2) is 35.9 Å². The molecule has 8 nitrogen and oxygen atoms in total. The number of esters is 1. The summed E-state index contributed by atoms with van der Waals surface area (Å²) >= 11 is 0. The van der Waals surface area contributed by atoms with E-state index in [1.165, 1.54) is 45.6 Å². The minimum Gasteiger partial charge on any atom is -0.469 e. The lowest BCUT2D eigenvalue weighted by molar-refractivity contribution is -0.384. The zero-order chi connectivity index (χ0) is 20.0. The summed E-state index contributed by atoms with van der Waals surface area (Å²) in [6.07, 6.45) is 2.06. The number of non-ortho nitro benzene ring substituents is 1. The zero-order valence-electron chi connectivity index (χ0n) is 15.6. The van der Waals surface area contributed by atoms with E-state index >= 15 is 0 Å². The molecule has 0 aromatic heterocycles. The van der Waals surface area contributed by atoms with Gasteiger partial charge in [0.15, 0.2) is 11.6 Å². The molecule has 2 aliphatic rings. The van der Waals surface area contributed by atoms with Gasteiger partial charge in [-0.1, -0.05) is 19.1 Å². The molecule has 0 aliphatic heterocycles. The highest BCUT2D eigenvalue weighted by Crippen LogP contribution is 2.69. The fourth-order valence-corrected chi connectivity index (χ4v) is 4.40. The average molecular weight is 375 g/mol. The number of ketones is 1. The van der Waals surface area contributed by atoms with Crippen molar-refractivity contribution in [2.45, 2.75) is 24.5 Å². The van der Waals surface area contributed by atoms with Crippen molar-refractivity contribution in [1.29, 1.82) is 0 Å². The first-order valence-electron chi connectivity index (χ1n) is 8.53. The van der Waals surface area contributed by atoms with Crippen LogP contribution in [0, 0.1) is 22.0 Å². The summed E-state index contributed by atoms with van der Waals surface area (Å²) in [6, 6.07) is 5.68. The number of nitro benzene ring substituents is 1. The molecule has 2 aliphatic carbocycles. The van der Waals surface area contributed by atoms with Crippen molar-refractivity contribution in [3.63, 3.8) is 0 Å². The molecule has 1 fully saturated rings. The number of allylic oxidation sites excluding steroid dienone is 1. The van der Waals surface area contributed by atoms with E-state index in [2.05, 4.69) is 0 Å². The van der Waals surface area contributed by atoms with Gasteiger partial charge in [-0.15, -0.1) is 0 Å². The lowest BCUT2D eigenvalue weighted by atomic mass is 9.77. The monoisotopic (exact) mass is 375 g/mol. The van der Waals surface area contributed by atoms with Crippen LogP contribution in [-0.4, -0.2) is 43.8 Å². The number of hydrogen-bond donors (Lipinski definition) is 0. The van der Waals surface area contributed by atoms with Gasteiger partial charge in [0, 0.05) is 32.3 Å². The quantitative estimate of drug-likeness (QED) is 0.325. The van der Waals surface area contributed by atoms with Crippen molar-refractivity contribution in [1.82, 2.24) is 0 Å². The van der Waals surface area contributed by atoms with Gasteiger partial charge in [0.1, 0.15) is 0 Å². The Morgan fingerprint density at radius 1 is 1.19 bits per heavy atom. The second kappa shape index (κ2) is 6.54. The number of ether oxygens (including phenoxy) is 3. The Hall–Kier alpha value is -2.58. The molecule has 0 unspecified atom stereocenters. The third-order valence-corrected chi connectivity index (χ3v) is 5.71. The van der Waals surface area contributed by atoms with Crippen LogP contribution in [0.5, 0.6) is 0 Å². The zero-order valence-corrected chi connectivity index (χ0v) is 15.6. The van der Waals surface area contributed by atoms with Crippen LogP contribution in [-0.2, 0) is 29.2 Å². The molecule has 3 atom stereocenters. The normalized spacial score (nSPS) is 28.1. The number of nitro groups is 1. The second-order valence-electron chi connectivity index (χ2n) is 6.63. The molecule has 1 aromatic rings. The van der Waals surface area contributed by atoms with Crippen LogP contribution >= 0.6 is 0 Å². The Morgan fingerprint density at radius 3 is 2.22 bits per heavy atom. The Kier molecular flexibility index (Phi) is 4.65. The molecule has 1 aromatic carbocycles. The fourth-order valence-electron chi connectivity index (χ4n) is 4.40. The maximum atomic E-state index is 13.4. The number of nitrogens with zero attached hydrogens (tertiary/aromatic N) is 1. The molecule has 0 saturated heterocycles. The number of methoxy groups -OCH3 is 3. The molecular weight excluding hydrogens is 354 g/mol. The molecule has 27 heavy (non-hydrogen) atoms. The number of fused-ring (bicyclic) bond motifs is 1. The average Bonchev–Trinajstić information content (AvgIpc) is 3.41. The summed E-state index contributed by atoms with van der Waals surface area (Å²) in [5.74, 6) is -3.45. The molecule has 0 heterocycles. The van der Waals surface area contributed by atoms with Gasteiger partial charge in [-0.25, -0.2) is 0 Å². The summed E-state index contributed by atoms with van der Waals surface area (Å²) < 4.78 is 16.2. The molecule has 0 radical (unpaired) electrons. The van der Waals surface area contributed by atoms with Gasteiger partial charge in [0.25, 0.3) is 5.69 Å². The number of carbonyl (C=O) groups is 2. The van der Waals surface area contributed by atoms with Crippen molar-refractivity contribution in [3.05, 3.63) is 51.6 Å². The first-order valence-corrected chi connectivity index (χ1v) is 8.53. The van der Waals surface area contributed by atoms with Gasteiger partial charge < -0.3 is 14.2 Å². The van der Waals surface area contributed by atoms with Gasteiger partial charge >= 0.3 is 5.97 Å². The van der Waals surface area contributed by atoms with Gasteiger partial charge in [-0.05, 0) is 23.6 Å². The van der Waals surface area contributed by atoms with Gasteiger partial charge in [-0.2, -0.15) is 0 Å². The standard InChI is InChI=1S/C19H21NO7/c1-5-11-10-18(26-3,27-4)15-14(17(22)25-2)19(15,16(11)21)12-6-8-13(9-7-12)20(23)24/h6-10,14-15H,5H2,1-4H3/t14-,15-,19-/m0/s1. The van der Waals surface area contributed by atoms with Crippen molar-refractivity contribution in [2.24, 2.45) is 11.8 Å². The van der Waals surface area contributed by atoms with Crippen molar-refractivity contribution in [3.8, 4) is 0 Å². The summed E-state index contributed by atoms with van der Waals surface area (Å²) in [5.41, 5.74) is -0.328. The first kappa shape index (κ1) is 19.2. The SMILES string of the molecule is CCC1=CC(OC)(OC)[C@@H]2[C@@H](C(=O)OC)[C@]2(c2ccc([N+](=O)[O-])cc2)C1=O. The van der Waals surface area contributed by atoms with Crippen LogP contribution in [0.25, 0.3) is 0 Å². The highest BCUT2D eigenvalue weighted by atomic mass is 16.7. The van der Waals surface area contributed by atoms with Gasteiger partial charge in [-0.3, -0.25) is 19.7 Å². The Balaban J connectivity index is 2.22. The molecule has 0 bridgehead atoms. The summed E-state index contributed by atoms with van der Waals surface area (Å²) in [6.45, 7) is 1.83. The third kappa shape index (κ3) is 2.44. The minimum absolute atomic E-state index is 0.0961. The Morgan fingerprint density at radius 2 is 1.78 bits per heavy atom. The van der Waals surface area contributed by atoms with Crippen LogP contribution in [0.2, 0.25) is 0 Å². The maximum absolute atomic E-state index is 13.4. The number of benzene rings is 1. The van der Waals surface area contributed by atoms with E-state index in [1.807, 2.05) is 6.92 Å². The number of carbonyl (C=O) groups excluding carboxylic acids is 2. The molecule has 0 amide bonds. The second-order valence-corrected chi connectivity index (χ2v) is 6.63. The van der Waals surface area contributed by atoms with Gasteiger partial charge in [0.2, 0.25) is 0 Å². The molecular formula is C19H21NO7.